The van der Waals surface area contributed by atoms with Gasteiger partial charge in [0.05, 0.1) is 17.1 Å². The summed E-state index contributed by atoms with van der Waals surface area (Å²) in [6.07, 6.45) is -3.08. The molecule has 2 aromatic rings. The molecule has 1 saturated heterocycles. The Hall–Kier alpha value is -2.94. The molecule has 0 aromatic heterocycles. The summed E-state index contributed by atoms with van der Waals surface area (Å²) in [6, 6.07) is 9.40. The van der Waals surface area contributed by atoms with Gasteiger partial charge in [-0.15, -0.1) is 0 Å². The third-order valence-corrected chi connectivity index (χ3v) is 4.43. The van der Waals surface area contributed by atoms with Crippen LogP contribution in [0.15, 0.2) is 47.4 Å². The molecule has 28 heavy (non-hydrogen) atoms. The second-order valence-electron chi connectivity index (χ2n) is 5.59. The lowest BCUT2D eigenvalue weighted by Gasteiger charge is -2.16. The van der Waals surface area contributed by atoms with Crippen molar-refractivity contribution in [2.45, 2.75) is 13.1 Å². The van der Waals surface area contributed by atoms with Crippen LogP contribution in [-0.2, 0) is 11.0 Å². The fraction of sp³-hybridized carbons (Fsp3) is 0.158. The van der Waals surface area contributed by atoms with Gasteiger partial charge in [0.2, 0.25) is 0 Å². The SMILES string of the molecule is CCOc1cc(C=C2SC(=O)NC2=O)ccc1Oc1ccccc1C(F)(F)F. The number of halogens is 3. The maximum absolute atomic E-state index is 13.2. The standard InChI is InChI=1S/C19H14F3NO4S/c1-2-26-15-9-11(10-16-17(24)23-18(25)28-16)7-8-14(15)27-13-6-4-3-5-12(13)19(20,21)22/h3-10H,2H2,1H3,(H,23,24,25). The smallest absolute Gasteiger partial charge is 0.419 e. The Labute approximate surface area is 162 Å². The van der Waals surface area contributed by atoms with Crippen molar-refractivity contribution >= 4 is 29.0 Å². The van der Waals surface area contributed by atoms with Crippen LogP contribution in [0.5, 0.6) is 17.2 Å². The van der Waals surface area contributed by atoms with E-state index in [2.05, 4.69) is 5.32 Å². The van der Waals surface area contributed by atoms with Crippen LogP contribution in [0.25, 0.3) is 6.08 Å². The number of nitrogens with one attached hydrogen (secondary N) is 1. The predicted octanol–water partition coefficient (Wildman–Crippen LogP) is 5.22. The Morgan fingerprint density at radius 3 is 2.46 bits per heavy atom. The largest absolute Gasteiger partial charge is 0.490 e. The van der Waals surface area contributed by atoms with Gasteiger partial charge in [-0.2, -0.15) is 13.2 Å². The number of hydrogen-bond acceptors (Lipinski definition) is 5. The van der Waals surface area contributed by atoms with Crippen LogP contribution < -0.4 is 14.8 Å². The van der Waals surface area contributed by atoms with Crippen molar-refractivity contribution in [1.82, 2.24) is 5.32 Å². The summed E-state index contributed by atoms with van der Waals surface area (Å²) >= 11 is 0.764. The summed E-state index contributed by atoms with van der Waals surface area (Å²) in [4.78, 5) is 23.1. The molecular formula is C19H14F3NO4S. The Bertz CT molecular complexity index is 956. The number of ether oxygens (including phenoxy) is 2. The number of carbonyl (C=O) groups excluding carboxylic acids is 2. The zero-order valence-electron chi connectivity index (χ0n) is 14.5. The monoisotopic (exact) mass is 409 g/mol. The number of thioether (sulfide) groups is 1. The van der Waals surface area contributed by atoms with Crippen molar-refractivity contribution in [1.29, 1.82) is 0 Å². The van der Waals surface area contributed by atoms with E-state index in [1.165, 1.54) is 36.4 Å². The Morgan fingerprint density at radius 1 is 1.07 bits per heavy atom. The molecule has 0 bridgehead atoms. The van der Waals surface area contributed by atoms with Crippen LogP contribution in [0.3, 0.4) is 0 Å². The topological polar surface area (TPSA) is 64.6 Å². The first-order chi connectivity index (χ1) is 13.3. The van der Waals surface area contributed by atoms with Crippen LogP contribution in [0.4, 0.5) is 18.0 Å². The summed E-state index contributed by atoms with van der Waals surface area (Å²) in [5, 5.41) is 1.68. The quantitative estimate of drug-likeness (QED) is 0.686. The zero-order chi connectivity index (χ0) is 20.3. The number of hydrogen-bond donors (Lipinski definition) is 1. The molecule has 3 rings (SSSR count). The van der Waals surface area contributed by atoms with E-state index in [4.69, 9.17) is 9.47 Å². The van der Waals surface area contributed by atoms with Gasteiger partial charge in [-0.05, 0) is 54.6 Å². The molecule has 2 aromatic carbocycles. The maximum Gasteiger partial charge on any atom is 0.419 e. The first-order valence-corrected chi connectivity index (χ1v) is 8.95. The van der Waals surface area contributed by atoms with E-state index in [1.807, 2.05) is 0 Å². The second-order valence-corrected chi connectivity index (χ2v) is 6.60. The van der Waals surface area contributed by atoms with Crippen molar-refractivity contribution in [2.24, 2.45) is 0 Å². The van der Waals surface area contributed by atoms with Gasteiger partial charge in [-0.1, -0.05) is 18.2 Å². The second kappa shape index (κ2) is 7.97. The lowest BCUT2D eigenvalue weighted by molar-refractivity contribution is -0.138. The minimum atomic E-state index is -4.56. The van der Waals surface area contributed by atoms with Gasteiger partial charge in [0.1, 0.15) is 5.75 Å². The van der Waals surface area contributed by atoms with Crippen molar-refractivity contribution in [3.8, 4) is 17.2 Å². The van der Waals surface area contributed by atoms with E-state index < -0.39 is 22.9 Å². The molecule has 1 heterocycles. The van der Waals surface area contributed by atoms with Crippen LogP contribution in [0.2, 0.25) is 0 Å². The average molecular weight is 409 g/mol. The van der Waals surface area contributed by atoms with E-state index in [0.29, 0.717) is 5.56 Å². The fourth-order valence-corrected chi connectivity index (χ4v) is 3.13. The molecule has 0 aliphatic carbocycles. The van der Waals surface area contributed by atoms with Gasteiger partial charge < -0.3 is 9.47 Å². The molecule has 0 saturated carbocycles. The number of benzene rings is 2. The average Bonchev–Trinajstić information content (AvgIpc) is 2.94. The molecular weight excluding hydrogens is 395 g/mol. The molecule has 0 unspecified atom stereocenters. The van der Waals surface area contributed by atoms with Gasteiger partial charge in [0.15, 0.2) is 11.5 Å². The van der Waals surface area contributed by atoms with Crippen LogP contribution in [0.1, 0.15) is 18.1 Å². The molecule has 146 valence electrons. The third-order valence-electron chi connectivity index (χ3n) is 3.62. The number of imide groups is 1. The van der Waals surface area contributed by atoms with Crippen molar-refractivity contribution in [2.75, 3.05) is 6.61 Å². The number of alkyl halides is 3. The van der Waals surface area contributed by atoms with E-state index >= 15 is 0 Å². The molecule has 0 spiro atoms. The Balaban J connectivity index is 1.94. The molecule has 9 heteroatoms. The molecule has 1 N–H and O–H groups in total. The van der Waals surface area contributed by atoms with Crippen LogP contribution >= 0.6 is 11.8 Å². The van der Waals surface area contributed by atoms with Gasteiger partial charge in [-0.3, -0.25) is 14.9 Å². The molecule has 1 fully saturated rings. The van der Waals surface area contributed by atoms with Crippen molar-refractivity contribution in [3.63, 3.8) is 0 Å². The minimum Gasteiger partial charge on any atom is -0.490 e. The molecule has 1 aliphatic heterocycles. The first-order valence-electron chi connectivity index (χ1n) is 8.13. The number of para-hydroxylation sites is 1. The highest BCUT2D eigenvalue weighted by Crippen LogP contribution is 2.40. The number of carbonyl (C=O) groups is 2. The highest BCUT2D eigenvalue weighted by molar-refractivity contribution is 8.18. The lowest BCUT2D eigenvalue weighted by Crippen LogP contribution is -2.17. The van der Waals surface area contributed by atoms with Gasteiger partial charge in [0.25, 0.3) is 11.1 Å². The highest BCUT2D eigenvalue weighted by Gasteiger charge is 2.34. The van der Waals surface area contributed by atoms with Crippen molar-refractivity contribution < 1.29 is 32.2 Å². The van der Waals surface area contributed by atoms with Gasteiger partial charge in [0, 0.05) is 0 Å². The Morgan fingerprint density at radius 2 is 1.82 bits per heavy atom. The predicted molar refractivity (Wildman–Crippen MR) is 98.2 cm³/mol. The Kier molecular flexibility index (Phi) is 5.64. The summed E-state index contributed by atoms with van der Waals surface area (Å²) < 4.78 is 50.5. The fourth-order valence-electron chi connectivity index (χ4n) is 2.45. The maximum atomic E-state index is 13.2. The molecule has 2 amide bonds. The van der Waals surface area contributed by atoms with Gasteiger partial charge >= 0.3 is 6.18 Å². The molecule has 1 aliphatic rings. The van der Waals surface area contributed by atoms with Crippen LogP contribution in [0, 0.1) is 0 Å². The number of amides is 2. The van der Waals surface area contributed by atoms with E-state index in [0.717, 1.165) is 17.8 Å². The van der Waals surface area contributed by atoms with E-state index in [9.17, 15) is 22.8 Å². The van der Waals surface area contributed by atoms with Gasteiger partial charge in [-0.25, -0.2) is 0 Å². The van der Waals surface area contributed by atoms with Crippen molar-refractivity contribution in [3.05, 3.63) is 58.5 Å². The summed E-state index contributed by atoms with van der Waals surface area (Å²) in [5.74, 6) is -0.547. The summed E-state index contributed by atoms with van der Waals surface area (Å²) in [5.41, 5.74) is -0.367. The third kappa shape index (κ3) is 4.48. The minimum absolute atomic E-state index is 0.0975. The number of rotatable bonds is 5. The molecule has 5 nitrogen and oxygen atoms in total. The van der Waals surface area contributed by atoms with E-state index in [-0.39, 0.29) is 28.8 Å². The first kappa shape index (κ1) is 19.8. The molecule has 0 atom stereocenters. The normalized spacial score (nSPS) is 15.6. The highest BCUT2D eigenvalue weighted by atomic mass is 32.2. The molecule has 0 radical (unpaired) electrons. The zero-order valence-corrected chi connectivity index (χ0v) is 15.3. The summed E-state index contributed by atoms with van der Waals surface area (Å²) in [6.45, 7) is 1.97. The van der Waals surface area contributed by atoms with Crippen LogP contribution in [-0.4, -0.2) is 17.8 Å². The summed E-state index contributed by atoms with van der Waals surface area (Å²) in [7, 11) is 0. The lowest BCUT2D eigenvalue weighted by atomic mass is 10.1. The van der Waals surface area contributed by atoms with E-state index in [1.54, 1.807) is 13.0 Å².